The normalized spacial score (nSPS) is 15.9. The molecule has 0 fully saturated rings. The molecule has 0 spiro atoms. The minimum absolute atomic E-state index is 0.0246. The van der Waals surface area contributed by atoms with E-state index in [9.17, 15) is 0 Å². The third-order valence-corrected chi connectivity index (χ3v) is 12.6. The second kappa shape index (κ2) is 12.7. The predicted molar refractivity (Wildman–Crippen MR) is 234 cm³/mol. The Morgan fingerprint density at radius 1 is 0.509 bits per heavy atom. The maximum atomic E-state index is 6.73. The van der Waals surface area contributed by atoms with Gasteiger partial charge in [0.1, 0.15) is 11.9 Å². The molecule has 1 aliphatic heterocycles. The van der Waals surface area contributed by atoms with Crippen molar-refractivity contribution in [3.05, 3.63) is 193 Å². The Morgan fingerprint density at radius 2 is 1.12 bits per heavy atom. The van der Waals surface area contributed by atoms with Gasteiger partial charge in [-0.3, -0.25) is 0 Å². The molecular weight excluding hydrogens is 717 g/mol. The molecule has 4 heterocycles. The van der Waals surface area contributed by atoms with E-state index >= 15 is 0 Å². The molecule has 2 aliphatic rings. The Morgan fingerprint density at radius 3 is 1.82 bits per heavy atom. The Labute approximate surface area is 332 Å². The second-order valence-electron chi connectivity index (χ2n) is 14.7. The highest BCUT2D eigenvalue weighted by Crippen LogP contribution is 2.48. The van der Waals surface area contributed by atoms with Crippen molar-refractivity contribution in [2.24, 2.45) is 0 Å². The summed E-state index contributed by atoms with van der Waals surface area (Å²) in [6.07, 6.45) is 6.69. The van der Waals surface area contributed by atoms with Crippen molar-refractivity contribution in [2.45, 2.75) is 12.0 Å². The van der Waals surface area contributed by atoms with Crippen LogP contribution in [-0.2, 0) is 0 Å². The van der Waals surface area contributed by atoms with Gasteiger partial charge in [-0.15, -0.1) is 11.3 Å². The lowest BCUT2D eigenvalue weighted by Gasteiger charge is -2.20. The zero-order chi connectivity index (χ0) is 37.5. The van der Waals surface area contributed by atoms with Crippen LogP contribution in [0.5, 0.6) is 5.75 Å². The van der Waals surface area contributed by atoms with E-state index in [1.54, 1.807) is 0 Å². The Kier molecular flexibility index (Phi) is 7.16. The van der Waals surface area contributed by atoms with E-state index in [0.29, 0.717) is 17.5 Å². The van der Waals surface area contributed by atoms with Crippen LogP contribution in [0, 0.1) is 0 Å². The number of aromatic nitrogens is 4. The van der Waals surface area contributed by atoms with Gasteiger partial charge in [-0.25, -0.2) is 15.0 Å². The lowest BCUT2D eigenvalue weighted by Crippen LogP contribution is -2.17. The molecule has 3 aromatic heterocycles. The van der Waals surface area contributed by atoms with Crippen LogP contribution in [0.4, 0.5) is 0 Å². The fraction of sp³-hybridized carbons (Fsp3) is 0.0392. The van der Waals surface area contributed by atoms with E-state index in [0.717, 1.165) is 33.6 Å². The molecule has 7 aromatic carbocycles. The number of para-hydroxylation sites is 2. The summed E-state index contributed by atoms with van der Waals surface area (Å²) in [6, 6.07) is 57.6. The lowest BCUT2D eigenvalue weighted by atomic mass is 9.85. The van der Waals surface area contributed by atoms with Crippen molar-refractivity contribution < 1.29 is 4.74 Å². The van der Waals surface area contributed by atoms with E-state index in [-0.39, 0.29) is 12.0 Å². The lowest BCUT2D eigenvalue weighted by molar-refractivity contribution is 0.269. The van der Waals surface area contributed by atoms with Crippen LogP contribution in [0.25, 0.3) is 87.4 Å². The van der Waals surface area contributed by atoms with Crippen LogP contribution in [0.15, 0.2) is 182 Å². The van der Waals surface area contributed by atoms with Gasteiger partial charge >= 0.3 is 0 Å². The van der Waals surface area contributed by atoms with Gasteiger partial charge in [0.2, 0.25) is 0 Å². The quantitative estimate of drug-likeness (QED) is 0.176. The van der Waals surface area contributed by atoms with Gasteiger partial charge in [0, 0.05) is 64.8 Å². The summed E-state index contributed by atoms with van der Waals surface area (Å²) >= 11 is 1.85. The van der Waals surface area contributed by atoms with Crippen LogP contribution in [0.2, 0.25) is 0 Å². The fourth-order valence-corrected chi connectivity index (χ4v) is 9.83. The van der Waals surface area contributed by atoms with Crippen LogP contribution in [0.3, 0.4) is 0 Å². The first-order chi connectivity index (χ1) is 28.2. The summed E-state index contributed by atoms with van der Waals surface area (Å²) in [6.45, 7) is 0. The highest BCUT2D eigenvalue weighted by Gasteiger charge is 2.36. The molecular formula is C51H32N4OS. The molecule has 2 unspecified atom stereocenters. The molecule has 2 atom stereocenters. The van der Waals surface area contributed by atoms with Crippen LogP contribution < -0.4 is 4.74 Å². The monoisotopic (exact) mass is 748 g/mol. The first-order valence-corrected chi connectivity index (χ1v) is 20.1. The standard InChI is InChI=1S/C51H32N4OS/c1-3-12-31(13-4-1)49-52-50(32-14-5-2-6-15-32)54-51(53-49)39-18-11-21-44-48(39)38-25-22-34(29-45(38)56-44)33-23-26-46-40(28-33)41-30-35(24-27-47(41)57-46)55-42-19-9-7-16-36(42)37-17-8-10-20-43(37)55/h1-30,38,45H. The number of allylic oxidation sites excluding steroid dienone is 2. The number of hydrogen-bond donors (Lipinski definition) is 0. The predicted octanol–water partition coefficient (Wildman–Crippen LogP) is 12.8. The summed E-state index contributed by atoms with van der Waals surface area (Å²) in [7, 11) is 0. The number of benzene rings is 7. The van der Waals surface area contributed by atoms with Crippen molar-refractivity contribution in [1.82, 2.24) is 19.5 Å². The topological polar surface area (TPSA) is 52.8 Å². The molecule has 12 rings (SSSR count). The molecule has 0 N–H and O–H groups in total. The van der Waals surface area contributed by atoms with Gasteiger partial charge in [-0.05, 0) is 65.7 Å². The summed E-state index contributed by atoms with van der Waals surface area (Å²) in [5.74, 6) is 2.82. The third-order valence-electron chi connectivity index (χ3n) is 11.4. The minimum Gasteiger partial charge on any atom is -0.485 e. The molecule has 268 valence electrons. The van der Waals surface area contributed by atoms with Crippen molar-refractivity contribution in [1.29, 1.82) is 0 Å². The van der Waals surface area contributed by atoms with Crippen molar-refractivity contribution in [3.63, 3.8) is 0 Å². The van der Waals surface area contributed by atoms with Crippen molar-refractivity contribution >= 4 is 58.9 Å². The number of hydrogen-bond acceptors (Lipinski definition) is 5. The maximum Gasteiger partial charge on any atom is 0.164 e. The number of thiophene rings is 1. The maximum absolute atomic E-state index is 6.73. The minimum atomic E-state index is -0.151. The number of ether oxygens (including phenoxy) is 1. The number of nitrogens with zero attached hydrogens (tertiary/aromatic N) is 4. The molecule has 0 amide bonds. The number of fused-ring (bicyclic) bond motifs is 9. The van der Waals surface area contributed by atoms with Crippen molar-refractivity contribution in [3.8, 4) is 45.6 Å². The Balaban J connectivity index is 0.921. The highest BCUT2D eigenvalue weighted by atomic mass is 32.1. The van der Waals surface area contributed by atoms with E-state index in [1.807, 2.05) is 78.1 Å². The summed E-state index contributed by atoms with van der Waals surface area (Å²) in [5, 5.41) is 5.07. The Hall–Kier alpha value is -7.15. The van der Waals surface area contributed by atoms with Crippen LogP contribution >= 0.6 is 11.3 Å². The van der Waals surface area contributed by atoms with Gasteiger partial charge in [-0.2, -0.15) is 0 Å². The zero-order valence-electron chi connectivity index (χ0n) is 30.6. The fourth-order valence-electron chi connectivity index (χ4n) is 8.76. The molecule has 1 aliphatic carbocycles. The van der Waals surface area contributed by atoms with Gasteiger partial charge < -0.3 is 9.30 Å². The van der Waals surface area contributed by atoms with Gasteiger partial charge in [0.15, 0.2) is 17.5 Å². The molecule has 5 nitrogen and oxygen atoms in total. The van der Waals surface area contributed by atoms with E-state index in [4.69, 9.17) is 19.7 Å². The van der Waals surface area contributed by atoms with Crippen LogP contribution in [-0.4, -0.2) is 25.6 Å². The molecule has 57 heavy (non-hydrogen) atoms. The summed E-state index contributed by atoms with van der Waals surface area (Å²) in [5.41, 5.74) is 9.90. The molecule has 0 saturated carbocycles. The second-order valence-corrected chi connectivity index (χ2v) is 15.8. The van der Waals surface area contributed by atoms with E-state index < -0.39 is 0 Å². The zero-order valence-corrected chi connectivity index (χ0v) is 31.4. The molecule has 10 aromatic rings. The van der Waals surface area contributed by atoms with Gasteiger partial charge in [0.05, 0.1) is 11.0 Å². The molecule has 6 heteroatoms. The smallest absolute Gasteiger partial charge is 0.164 e. The first kappa shape index (κ1) is 32.1. The third kappa shape index (κ3) is 5.18. The summed E-state index contributed by atoms with van der Waals surface area (Å²) in [4.78, 5) is 15.0. The van der Waals surface area contributed by atoms with E-state index in [1.165, 1.54) is 53.2 Å². The first-order valence-electron chi connectivity index (χ1n) is 19.3. The van der Waals surface area contributed by atoms with E-state index in [2.05, 4.69) is 120 Å². The van der Waals surface area contributed by atoms with Gasteiger partial charge in [-0.1, -0.05) is 127 Å². The van der Waals surface area contributed by atoms with Crippen LogP contribution in [0.1, 0.15) is 17.0 Å². The average Bonchev–Trinajstić information content (AvgIpc) is 3.95. The summed E-state index contributed by atoms with van der Waals surface area (Å²) < 4.78 is 11.7. The van der Waals surface area contributed by atoms with Gasteiger partial charge in [0.25, 0.3) is 0 Å². The SMILES string of the molecule is C1=CC2c3c(cccc3-c3nc(-c4ccccc4)nc(-c4ccccc4)n3)OC2C=C1c1ccc2sc3ccc(-n4c5ccccc5c5ccccc54)cc3c2c1. The van der Waals surface area contributed by atoms with Crippen molar-refractivity contribution in [2.75, 3.05) is 0 Å². The average molecular weight is 749 g/mol. The largest absolute Gasteiger partial charge is 0.485 e. The molecule has 0 saturated heterocycles. The number of rotatable bonds is 5. The molecule has 0 bridgehead atoms. The highest BCUT2D eigenvalue weighted by molar-refractivity contribution is 7.25. The Bertz CT molecular complexity index is 3180. The molecule has 0 radical (unpaired) electrons.